The third-order valence-corrected chi connectivity index (χ3v) is 5.68. The average molecular weight is 374 g/mol. The summed E-state index contributed by atoms with van der Waals surface area (Å²) in [5.41, 5.74) is -0.567. The van der Waals surface area contributed by atoms with Crippen molar-refractivity contribution in [3.63, 3.8) is 0 Å². The van der Waals surface area contributed by atoms with Crippen molar-refractivity contribution in [2.75, 3.05) is 0 Å². The van der Waals surface area contributed by atoms with Crippen LogP contribution in [-0.2, 0) is 16.3 Å². The van der Waals surface area contributed by atoms with Crippen LogP contribution in [-0.4, -0.2) is 11.9 Å². The van der Waals surface area contributed by atoms with Gasteiger partial charge in [0.2, 0.25) is 5.91 Å². The Morgan fingerprint density at radius 2 is 1.92 bits per heavy atom. The van der Waals surface area contributed by atoms with Crippen LogP contribution >= 0.6 is 11.3 Å². The maximum Gasteiger partial charge on any atom is 0.270 e. The van der Waals surface area contributed by atoms with Gasteiger partial charge in [0, 0.05) is 17.4 Å². The van der Waals surface area contributed by atoms with Crippen LogP contribution in [0, 0.1) is 16.7 Å². The molecular weight excluding hydrogens is 358 g/mol. The molecule has 5 nitrogen and oxygen atoms in total. The molecular formula is C18H16F2N4OS. The second-order valence-corrected chi connectivity index (χ2v) is 7.49. The number of halogens is 2. The fraction of sp³-hybridized carbons (Fsp3) is 0.278. The molecule has 134 valence electrons. The Morgan fingerprint density at radius 1 is 1.27 bits per heavy atom. The zero-order valence-corrected chi connectivity index (χ0v) is 14.9. The molecule has 2 atom stereocenters. The zero-order valence-electron chi connectivity index (χ0n) is 14.1. The van der Waals surface area contributed by atoms with Crippen molar-refractivity contribution in [2.45, 2.75) is 31.2 Å². The van der Waals surface area contributed by atoms with E-state index in [1.165, 1.54) is 35.6 Å². The van der Waals surface area contributed by atoms with E-state index in [1.807, 2.05) is 0 Å². The van der Waals surface area contributed by atoms with Crippen LogP contribution < -0.4 is 10.6 Å². The van der Waals surface area contributed by atoms with Gasteiger partial charge in [-0.05, 0) is 24.6 Å². The van der Waals surface area contributed by atoms with Crippen LogP contribution in [0.1, 0.15) is 40.6 Å². The van der Waals surface area contributed by atoms with Gasteiger partial charge in [-0.1, -0.05) is 24.3 Å². The average Bonchev–Trinajstić information content (AvgIpc) is 3.03. The summed E-state index contributed by atoms with van der Waals surface area (Å²) in [5, 5.41) is 22.3. The molecule has 1 unspecified atom stereocenters. The van der Waals surface area contributed by atoms with Gasteiger partial charge < -0.3 is 5.32 Å². The molecule has 2 heterocycles. The molecule has 3 rings (SSSR count). The second-order valence-electron chi connectivity index (χ2n) is 6.41. The lowest BCUT2D eigenvalue weighted by Gasteiger charge is -2.41. The quantitative estimate of drug-likeness (QED) is 0.769. The number of amides is 1. The van der Waals surface area contributed by atoms with Crippen molar-refractivity contribution >= 4 is 23.2 Å². The molecule has 0 radical (unpaired) electrons. The Hall–Kier alpha value is -2.79. The van der Waals surface area contributed by atoms with Crippen LogP contribution in [0.2, 0.25) is 0 Å². The van der Waals surface area contributed by atoms with Gasteiger partial charge in [0.05, 0.1) is 11.5 Å². The number of benzene rings is 1. The lowest BCUT2D eigenvalue weighted by Crippen LogP contribution is -2.62. The molecule has 1 aromatic carbocycles. The molecule has 8 heteroatoms. The Kier molecular flexibility index (Phi) is 4.28. The van der Waals surface area contributed by atoms with Gasteiger partial charge in [-0.25, -0.2) is 8.78 Å². The predicted octanol–water partition coefficient (Wildman–Crippen LogP) is 3.38. The number of guanidine groups is 1. The molecule has 1 aliphatic rings. The Bertz CT molecular complexity index is 911. The molecule has 0 saturated carbocycles. The van der Waals surface area contributed by atoms with E-state index in [4.69, 9.17) is 10.7 Å². The molecule has 1 aromatic heterocycles. The highest BCUT2D eigenvalue weighted by molar-refractivity contribution is 7.12. The van der Waals surface area contributed by atoms with Crippen LogP contribution in [0.4, 0.5) is 8.78 Å². The fourth-order valence-corrected chi connectivity index (χ4v) is 4.09. The molecule has 1 fully saturated rings. The minimum atomic E-state index is -2.97. The third kappa shape index (κ3) is 3.06. The topological polar surface area (TPSA) is 88.8 Å². The standard InChI is InChI=1S/C18H16F2N4OS/c1-17(13-8-7-12(9-21)26-13)14(15(25)23-16(22)24-17)10-3-5-11(6-4-10)18(2,19)20/h3-8,14H,1-2H3,(H3,22,23,24,25)/t14?,17-/m1/s1. The molecule has 0 aliphatic carbocycles. The van der Waals surface area contributed by atoms with Crippen LogP contribution in [0.25, 0.3) is 0 Å². The summed E-state index contributed by atoms with van der Waals surface area (Å²) < 4.78 is 26.9. The minimum absolute atomic E-state index is 0.136. The fourth-order valence-electron chi connectivity index (χ4n) is 3.15. The van der Waals surface area contributed by atoms with Crippen molar-refractivity contribution in [2.24, 2.45) is 0 Å². The number of alkyl halides is 2. The van der Waals surface area contributed by atoms with Crippen LogP contribution in [0.15, 0.2) is 36.4 Å². The summed E-state index contributed by atoms with van der Waals surface area (Å²) >= 11 is 1.23. The monoisotopic (exact) mass is 374 g/mol. The summed E-state index contributed by atoms with van der Waals surface area (Å²) in [7, 11) is 0. The lowest BCUT2D eigenvalue weighted by molar-refractivity contribution is -0.123. The van der Waals surface area contributed by atoms with Gasteiger partial charge in [-0.15, -0.1) is 11.3 Å². The number of thiophene rings is 1. The van der Waals surface area contributed by atoms with Crippen molar-refractivity contribution in [1.82, 2.24) is 10.6 Å². The molecule has 26 heavy (non-hydrogen) atoms. The minimum Gasteiger partial charge on any atom is -0.345 e. The highest BCUT2D eigenvalue weighted by atomic mass is 32.1. The molecule has 2 aromatic rings. The first-order valence-electron chi connectivity index (χ1n) is 7.81. The molecule has 3 N–H and O–H groups in total. The maximum atomic E-state index is 13.5. The van der Waals surface area contributed by atoms with Crippen LogP contribution in [0.5, 0.6) is 0 Å². The number of carbonyl (C=O) groups is 1. The SMILES string of the molecule is CC(F)(F)c1ccc(C2C(=O)NC(=N)N[C@]2(C)c2ccc(C#N)s2)cc1. The summed E-state index contributed by atoms with van der Waals surface area (Å²) in [6.07, 6.45) is 0. The number of rotatable bonds is 3. The summed E-state index contributed by atoms with van der Waals surface area (Å²) in [6, 6.07) is 11.1. The van der Waals surface area contributed by atoms with Gasteiger partial charge in [0.15, 0.2) is 5.96 Å². The summed E-state index contributed by atoms with van der Waals surface area (Å²) in [6.45, 7) is 2.58. The molecule has 1 aliphatic heterocycles. The Morgan fingerprint density at radius 3 is 2.46 bits per heavy atom. The van der Waals surface area contributed by atoms with E-state index < -0.39 is 23.3 Å². The third-order valence-electron chi connectivity index (χ3n) is 4.45. The Labute approximate surface area is 153 Å². The number of nitriles is 1. The van der Waals surface area contributed by atoms with E-state index in [0.717, 1.165) is 6.92 Å². The van der Waals surface area contributed by atoms with Gasteiger partial charge >= 0.3 is 0 Å². The number of carbonyl (C=O) groups excluding carboxylic acids is 1. The van der Waals surface area contributed by atoms with E-state index in [1.54, 1.807) is 19.1 Å². The number of nitrogens with one attached hydrogen (secondary N) is 3. The van der Waals surface area contributed by atoms with Crippen molar-refractivity contribution in [3.8, 4) is 6.07 Å². The predicted molar refractivity (Wildman–Crippen MR) is 94.1 cm³/mol. The van der Waals surface area contributed by atoms with Gasteiger partial charge in [-0.2, -0.15) is 5.26 Å². The molecule has 0 bridgehead atoms. The highest BCUT2D eigenvalue weighted by Gasteiger charge is 2.47. The first-order chi connectivity index (χ1) is 12.1. The highest BCUT2D eigenvalue weighted by Crippen LogP contribution is 2.42. The normalized spacial score (nSPS) is 23.1. The first-order valence-corrected chi connectivity index (χ1v) is 8.63. The smallest absolute Gasteiger partial charge is 0.270 e. The Balaban J connectivity index is 2.08. The summed E-state index contributed by atoms with van der Waals surface area (Å²) in [5.74, 6) is -4.26. The second kappa shape index (κ2) is 6.18. The maximum absolute atomic E-state index is 13.5. The number of hydrogen-bond acceptors (Lipinski definition) is 4. The van der Waals surface area contributed by atoms with Crippen molar-refractivity contribution < 1.29 is 13.6 Å². The summed E-state index contributed by atoms with van der Waals surface area (Å²) in [4.78, 5) is 13.8. The number of nitrogens with zero attached hydrogens (tertiary/aromatic N) is 1. The van der Waals surface area contributed by atoms with Gasteiger partial charge in [-0.3, -0.25) is 15.5 Å². The van der Waals surface area contributed by atoms with E-state index in [0.29, 0.717) is 15.3 Å². The lowest BCUT2D eigenvalue weighted by atomic mass is 9.77. The van der Waals surface area contributed by atoms with E-state index in [2.05, 4.69) is 16.7 Å². The van der Waals surface area contributed by atoms with E-state index >= 15 is 0 Å². The van der Waals surface area contributed by atoms with Gasteiger partial charge in [0.25, 0.3) is 5.92 Å². The molecule has 1 amide bonds. The molecule has 0 spiro atoms. The van der Waals surface area contributed by atoms with Crippen LogP contribution in [0.3, 0.4) is 0 Å². The van der Waals surface area contributed by atoms with E-state index in [-0.39, 0.29) is 11.5 Å². The number of hydrogen-bond donors (Lipinski definition) is 3. The molecule has 1 saturated heterocycles. The van der Waals surface area contributed by atoms with Crippen molar-refractivity contribution in [3.05, 3.63) is 57.3 Å². The van der Waals surface area contributed by atoms with E-state index in [9.17, 15) is 13.6 Å². The largest absolute Gasteiger partial charge is 0.345 e. The zero-order chi connectivity index (χ0) is 19.1. The van der Waals surface area contributed by atoms with Crippen molar-refractivity contribution in [1.29, 1.82) is 10.7 Å². The van der Waals surface area contributed by atoms with Gasteiger partial charge in [0.1, 0.15) is 10.9 Å². The first kappa shape index (κ1) is 18.0.